The zero-order chi connectivity index (χ0) is 11.5. The van der Waals surface area contributed by atoms with E-state index >= 15 is 0 Å². The molecule has 0 bridgehead atoms. The summed E-state index contributed by atoms with van der Waals surface area (Å²) in [6, 6.07) is 2.99. The molecule has 2 rings (SSSR count). The van der Waals surface area contributed by atoms with Gasteiger partial charge in [-0.05, 0) is 25.0 Å². The minimum absolute atomic E-state index is 0.0452. The van der Waals surface area contributed by atoms with Gasteiger partial charge in [0.25, 0.3) is 11.5 Å². The van der Waals surface area contributed by atoms with Gasteiger partial charge in [-0.25, -0.2) is 0 Å². The molecule has 0 aromatic carbocycles. The van der Waals surface area contributed by atoms with E-state index in [1.807, 2.05) is 0 Å². The zero-order valence-corrected chi connectivity index (χ0v) is 8.85. The van der Waals surface area contributed by atoms with Crippen molar-refractivity contribution < 1.29 is 9.90 Å². The second-order valence-electron chi connectivity index (χ2n) is 3.89. The van der Waals surface area contributed by atoms with Crippen LogP contribution in [0.4, 0.5) is 0 Å². The molecule has 86 valence electrons. The largest absolute Gasteiger partial charge is 0.394 e. The highest BCUT2D eigenvalue weighted by atomic mass is 16.3. The van der Waals surface area contributed by atoms with E-state index in [1.165, 1.54) is 12.3 Å². The van der Waals surface area contributed by atoms with Gasteiger partial charge in [-0.3, -0.25) is 9.59 Å². The summed E-state index contributed by atoms with van der Waals surface area (Å²) in [6.45, 7) is 0.564. The molecule has 16 heavy (non-hydrogen) atoms. The maximum atomic E-state index is 12.0. The molecule has 0 aliphatic carbocycles. The first-order valence-corrected chi connectivity index (χ1v) is 5.33. The van der Waals surface area contributed by atoms with Crippen molar-refractivity contribution in [1.82, 2.24) is 9.88 Å². The van der Waals surface area contributed by atoms with Crippen LogP contribution < -0.4 is 5.56 Å². The first kappa shape index (κ1) is 10.9. The number of aliphatic hydroxyl groups is 1. The second-order valence-corrected chi connectivity index (χ2v) is 3.89. The standard InChI is InChI=1S/C11H14N2O3/c14-7-8-3-2-6-13(8)11(16)9-4-1-5-12-10(9)15/h1,4-5,8,14H,2-3,6-7H2,(H,12,15)/t8-/m1/s1. The van der Waals surface area contributed by atoms with Crippen molar-refractivity contribution in [3.63, 3.8) is 0 Å². The molecule has 0 saturated carbocycles. The van der Waals surface area contributed by atoms with Gasteiger partial charge >= 0.3 is 0 Å². The smallest absolute Gasteiger partial charge is 0.260 e. The van der Waals surface area contributed by atoms with Crippen molar-refractivity contribution in [2.45, 2.75) is 18.9 Å². The van der Waals surface area contributed by atoms with Crippen LogP contribution in [0.15, 0.2) is 23.1 Å². The third-order valence-electron chi connectivity index (χ3n) is 2.90. The second kappa shape index (κ2) is 4.49. The summed E-state index contributed by atoms with van der Waals surface area (Å²) in [5.41, 5.74) is -0.237. The topological polar surface area (TPSA) is 73.4 Å². The molecule has 1 atom stereocenters. The zero-order valence-electron chi connectivity index (χ0n) is 8.85. The fourth-order valence-electron chi connectivity index (χ4n) is 2.04. The average Bonchev–Trinajstić information content (AvgIpc) is 2.77. The van der Waals surface area contributed by atoms with Gasteiger partial charge in [0.1, 0.15) is 5.56 Å². The molecule has 0 spiro atoms. The van der Waals surface area contributed by atoms with Crippen LogP contribution in [0.1, 0.15) is 23.2 Å². The van der Waals surface area contributed by atoms with E-state index in [1.54, 1.807) is 11.0 Å². The Bertz CT molecular complexity index is 441. The molecule has 0 unspecified atom stereocenters. The van der Waals surface area contributed by atoms with Gasteiger partial charge in [0, 0.05) is 12.7 Å². The lowest BCUT2D eigenvalue weighted by atomic mass is 10.2. The fourth-order valence-corrected chi connectivity index (χ4v) is 2.04. The number of H-pyrrole nitrogens is 1. The molecule has 0 radical (unpaired) electrons. The van der Waals surface area contributed by atoms with E-state index in [0.29, 0.717) is 6.54 Å². The molecule has 1 saturated heterocycles. The molecular formula is C11H14N2O3. The minimum Gasteiger partial charge on any atom is -0.394 e. The van der Waals surface area contributed by atoms with Crippen molar-refractivity contribution in [3.05, 3.63) is 34.2 Å². The first-order chi connectivity index (χ1) is 7.74. The number of amides is 1. The Balaban J connectivity index is 2.26. The van der Waals surface area contributed by atoms with Gasteiger partial charge in [-0.2, -0.15) is 0 Å². The van der Waals surface area contributed by atoms with Crippen molar-refractivity contribution >= 4 is 5.91 Å². The molecule has 1 aliphatic rings. The predicted molar refractivity (Wildman–Crippen MR) is 58.2 cm³/mol. The van der Waals surface area contributed by atoms with Crippen molar-refractivity contribution in [2.75, 3.05) is 13.2 Å². The lowest BCUT2D eigenvalue weighted by Gasteiger charge is -2.22. The number of aromatic nitrogens is 1. The summed E-state index contributed by atoms with van der Waals surface area (Å²) in [5.74, 6) is -0.293. The number of hydrogen-bond donors (Lipinski definition) is 2. The maximum absolute atomic E-state index is 12.0. The van der Waals surface area contributed by atoms with Crippen LogP contribution in [0.3, 0.4) is 0 Å². The van der Waals surface area contributed by atoms with Crippen LogP contribution >= 0.6 is 0 Å². The van der Waals surface area contributed by atoms with E-state index in [4.69, 9.17) is 5.11 Å². The normalized spacial score (nSPS) is 20.1. The number of nitrogens with zero attached hydrogens (tertiary/aromatic N) is 1. The molecule has 1 fully saturated rings. The van der Waals surface area contributed by atoms with Crippen molar-refractivity contribution in [3.8, 4) is 0 Å². The Morgan fingerprint density at radius 3 is 3.12 bits per heavy atom. The SMILES string of the molecule is O=C(c1ccc[nH]c1=O)N1CCC[C@@H]1CO. The molecule has 5 heteroatoms. The van der Waals surface area contributed by atoms with Gasteiger partial charge in [0.15, 0.2) is 0 Å². The van der Waals surface area contributed by atoms with Crippen molar-refractivity contribution in [2.24, 2.45) is 0 Å². The highest BCUT2D eigenvalue weighted by Crippen LogP contribution is 2.18. The van der Waals surface area contributed by atoms with Gasteiger partial charge < -0.3 is 15.0 Å². The van der Waals surface area contributed by atoms with Crippen LogP contribution in [-0.2, 0) is 0 Å². The summed E-state index contributed by atoms with van der Waals surface area (Å²) < 4.78 is 0. The summed E-state index contributed by atoms with van der Waals surface area (Å²) in [5, 5.41) is 9.12. The van der Waals surface area contributed by atoms with E-state index in [2.05, 4.69) is 4.98 Å². The molecule has 1 aromatic rings. The van der Waals surface area contributed by atoms with Crippen LogP contribution in [0, 0.1) is 0 Å². The Hall–Kier alpha value is -1.62. The number of aromatic amines is 1. The van der Waals surface area contributed by atoms with Gasteiger partial charge in [-0.1, -0.05) is 0 Å². The van der Waals surface area contributed by atoms with E-state index in [9.17, 15) is 9.59 Å². The number of rotatable bonds is 2. The number of hydrogen-bond acceptors (Lipinski definition) is 3. The molecule has 1 aliphatic heterocycles. The minimum atomic E-state index is -0.379. The third-order valence-corrected chi connectivity index (χ3v) is 2.90. The van der Waals surface area contributed by atoms with Crippen LogP contribution in [0.5, 0.6) is 0 Å². The predicted octanol–water partition coefficient (Wildman–Crippen LogP) is -0.0282. The molecule has 5 nitrogen and oxygen atoms in total. The Morgan fingerprint density at radius 2 is 2.44 bits per heavy atom. The molecule has 2 N–H and O–H groups in total. The summed E-state index contributed by atoms with van der Waals surface area (Å²) in [4.78, 5) is 27.5. The highest BCUT2D eigenvalue weighted by Gasteiger charge is 2.29. The summed E-state index contributed by atoms with van der Waals surface area (Å²) in [7, 11) is 0. The van der Waals surface area contributed by atoms with Gasteiger partial charge in [-0.15, -0.1) is 0 Å². The number of likely N-dealkylation sites (tertiary alicyclic amines) is 1. The Morgan fingerprint density at radius 1 is 1.62 bits per heavy atom. The van der Waals surface area contributed by atoms with Crippen LogP contribution in [-0.4, -0.2) is 40.1 Å². The maximum Gasteiger partial charge on any atom is 0.260 e. The fraction of sp³-hybridized carbons (Fsp3) is 0.455. The van der Waals surface area contributed by atoms with Gasteiger partial charge in [0.2, 0.25) is 0 Å². The lowest BCUT2D eigenvalue weighted by Crippen LogP contribution is -2.39. The number of carbonyl (C=O) groups excluding carboxylic acids is 1. The summed E-state index contributed by atoms with van der Waals surface area (Å²) in [6.07, 6.45) is 3.17. The van der Waals surface area contributed by atoms with Crippen LogP contribution in [0.2, 0.25) is 0 Å². The first-order valence-electron chi connectivity index (χ1n) is 5.33. The Kier molecular flexibility index (Phi) is 3.05. The summed E-state index contributed by atoms with van der Waals surface area (Å²) >= 11 is 0. The average molecular weight is 222 g/mol. The monoisotopic (exact) mass is 222 g/mol. The van der Waals surface area contributed by atoms with Crippen molar-refractivity contribution in [1.29, 1.82) is 0 Å². The molecule has 1 aromatic heterocycles. The molecule has 1 amide bonds. The van der Waals surface area contributed by atoms with E-state index < -0.39 is 0 Å². The third kappa shape index (κ3) is 1.86. The molecule has 2 heterocycles. The highest BCUT2D eigenvalue weighted by molar-refractivity contribution is 5.94. The molecular weight excluding hydrogens is 208 g/mol. The lowest BCUT2D eigenvalue weighted by molar-refractivity contribution is 0.0676. The van der Waals surface area contributed by atoms with E-state index in [-0.39, 0.29) is 29.7 Å². The van der Waals surface area contributed by atoms with Crippen LogP contribution in [0.25, 0.3) is 0 Å². The van der Waals surface area contributed by atoms with Gasteiger partial charge in [0.05, 0.1) is 12.6 Å². The van der Waals surface area contributed by atoms with E-state index in [0.717, 1.165) is 12.8 Å². The number of carbonyl (C=O) groups is 1. The number of nitrogens with one attached hydrogen (secondary N) is 1. The number of pyridine rings is 1. The number of aliphatic hydroxyl groups excluding tert-OH is 1. The quantitative estimate of drug-likeness (QED) is 0.738. The Labute approximate surface area is 92.7 Å².